The van der Waals surface area contributed by atoms with E-state index in [0.717, 1.165) is 31.2 Å². The van der Waals surface area contributed by atoms with Gasteiger partial charge >= 0.3 is 0 Å². The number of methoxy groups -OCH3 is 1. The largest absolute Gasteiger partial charge is 0.381 e. The molecule has 3 heteroatoms. The van der Waals surface area contributed by atoms with Crippen LogP contribution in [0, 0.1) is 18.2 Å². The van der Waals surface area contributed by atoms with Gasteiger partial charge in [0.15, 0.2) is 5.78 Å². The lowest BCUT2D eigenvalue weighted by Crippen LogP contribution is -2.35. The molecule has 3 rings (SSSR count). The predicted molar refractivity (Wildman–Crippen MR) is 70.9 cm³/mol. The van der Waals surface area contributed by atoms with Gasteiger partial charge in [-0.2, -0.15) is 0 Å². The van der Waals surface area contributed by atoms with E-state index in [1.54, 1.807) is 13.2 Å². The molecular weight excluding hydrogens is 243 g/mol. The Morgan fingerprint density at radius 3 is 2.58 bits per heavy atom. The van der Waals surface area contributed by atoms with Crippen LogP contribution in [0.3, 0.4) is 0 Å². The average molecular weight is 262 g/mol. The molecule has 0 radical (unpaired) electrons. The van der Waals surface area contributed by atoms with Crippen LogP contribution in [-0.4, -0.2) is 19.0 Å². The van der Waals surface area contributed by atoms with Gasteiger partial charge in [0.2, 0.25) is 0 Å². The average Bonchev–Trinajstić information content (AvgIpc) is 2.70. The van der Waals surface area contributed by atoms with Gasteiger partial charge in [0.25, 0.3) is 0 Å². The number of Topliss-reactive ketones (excluding diaryl/α,β-unsaturated/α-hetero) is 1. The number of ketones is 1. The maximum atomic E-state index is 13.9. The normalized spacial score (nSPS) is 29.8. The van der Waals surface area contributed by atoms with E-state index >= 15 is 0 Å². The third-order valence-electron chi connectivity index (χ3n) is 4.91. The molecule has 1 aromatic carbocycles. The molecule has 1 fully saturated rings. The van der Waals surface area contributed by atoms with Crippen LogP contribution >= 0.6 is 0 Å². The monoisotopic (exact) mass is 262 g/mol. The fraction of sp³-hybridized carbons (Fsp3) is 0.562. The highest BCUT2D eigenvalue weighted by Gasteiger charge is 2.48. The zero-order valence-corrected chi connectivity index (χ0v) is 11.5. The Hall–Kier alpha value is -1.22. The van der Waals surface area contributed by atoms with E-state index in [2.05, 4.69) is 0 Å². The lowest BCUT2D eigenvalue weighted by Gasteiger charge is -2.35. The number of benzene rings is 1. The molecule has 1 spiro atoms. The van der Waals surface area contributed by atoms with Crippen LogP contribution in [0.2, 0.25) is 0 Å². The quantitative estimate of drug-likeness (QED) is 0.775. The first-order chi connectivity index (χ1) is 9.07. The zero-order chi connectivity index (χ0) is 13.6. The number of halogens is 1. The van der Waals surface area contributed by atoms with Gasteiger partial charge in [-0.1, -0.05) is 6.07 Å². The molecule has 0 amide bonds. The number of carbonyl (C=O) groups excluding carboxylic acids is 1. The summed E-state index contributed by atoms with van der Waals surface area (Å²) in [6, 6.07) is 3.20. The summed E-state index contributed by atoms with van der Waals surface area (Å²) >= 11 is 0. The molecule has 0 aliphatic heterocycles. The summed E-state index contributed by atoms with van der Waals surface area (Å²) in [5.74, 6) is -0.0613. The molecule has 1 saturated carbocycles. The highest BCUT2D eigenvalue weighted by Crippen LogP contribution is 2.48. The summed E-state index contributed by atoms with van der Waals surface area (Å²) < 4.78 is 19.3. The maximum absolute atomic E-state index is 13.9. The molecule has 0 atom stereocenters. The van der Waals surface area contributed by atoms with Crippen LogP contribution in [0.25, 0.3) is 0 Å². The molecule has 0 unspecified atom stereocenters. The van der Waals surface area contributed by atoms with Crippen molar-refractivity contribution in [2.75, 3.05) is 7.11 Å². The predicted octanol–water partition coefficient (Wildman–Crippen LogP) is 3.45. The fourth-order valence-corrected chi connectivity index (χ4v) is 3.70. The molecule has 0 bridgehead atoms. The Kier molecular flexibility index (Phi) is 2.97. The van der Waals surface area contributed by atoms with Gasteiger partial charge in [0, 0.05) is 18.1 Å². The number of aryl methyl sites for hydroxylation is 1. The molecule has 1 aromatic rings. The van der Waals surface area contributed by atoms with E-state index in [0.29, 0.717) is 17.5 Å². The Bertz CT molecular complexity index is 528. The molecule has 0 heterocycles. The van der Waals surface area contributed by atoms with Crippen molar-refractivity contribution < 1.29 is 13.9 Å². The Morgan fingerprint density at radius 1 is 1.32 bits per heavy atom. The van der Waals surface area contributed by atoms with Gasteiger partial charge in [-0.25, -0.2) is 4.39 Å². The molecule has 2 aliphatic carbocycles. The molecular formula is C16H19FO2. The van der Waals surface area contributed by atoms with Crippen molar-refractivity contribution in [2.24, 2.45) is 5.41 Å². The van der Waals surface area contributed by atoms with Crippen LogP contribution in [-0.2, 0) is 11.2 Å². The number of hydrogen-bond donors (Lipinski definition) is 0. The minimum absolute atomic E-state index is 0.161. The molecule has 2 nitrogen and oxygen atoms in total. The van der Waals surface area contributed by atoms with Gasteiger partial charge in [-0.3, -0.25) is 4.79 Å². The van der Waals surface area contributed by atoms with Crippen molar-refractivity contribution in [3.05, 3.63) is 34.6 Å². The second-order valence-corrected chi connectivity index (χ2v) is 5.94. The highest BCUT2D eigenvalue weighted by molar-refractivity contribution is 6.06. The lowest BCUT2D eigenvalue weighted by molar-refractivity contribution is 0.0284. The minimum atomic E-state index is -0.357. The van der Waals surface area contributed by atoms with E-state index in [9.17, 15) is 9.18 Å². The summed E-state index contributed by atoms with van der Waals surface area (Å²) in [5, 5.41) is 0. The van der Waals surface area contributed by atoms with Gasteiger partial charge < -0.3 is 4.74 Å². The van der Waals surface area contributed by atoms with Crippen molar-refractivity contribution in [1.29, 1.82) is 0 Å². The van der Waals surface area contributed by atoms with Crippen molar-refractivity contribution in [2.45, 2.75) is 45.1 Å². The first-order valence-electron chi connectivity index (χ1n) is 6.93. The van der Waals surface area contributed by atoms with Crippen molar-refractivity contribution in [3.8, 4) is 0 Å². The van der Waals surface area contributed by atoms with Crippen molar-refractivity contribution >= 4 is 5.78 Å². The first-order valence-corrected chi connectivity index (χ1v) is 6.93. The Morgan fingerprint density at radius 2 is 2.00 bits per heavy atom. The molecule has 102 valence electrons. The van der Waals surface area contributed by atoms with E-state index in [-0.39, 0.29) is 23.1 Å². The molecule has 19 heavy (non-hydrogen) atoms. The Balaban J connectivity index is 1.96. The topological polar surface area (TPSA) is 26.3 Å². The lowest BCUT2D eigenvalue weighted by atomic mass is 9.70. The summed E-state index contributed by atoms with van der Waals surface area (Å²) in [5.41, 5.74) is 1.84. The maximum Gasteiger partial charge on any atom is 0.169 e. The minimum Gasteiger partial charge on any atom is -0.381 e. The first kappa shape index (κ1) is 12.8. The van der Waals surface area contributed by atoms with Crippen LogP contribution in [0.5, 0.6) is 0 Å². The number of hydrogen-bond acceptors (Lipinski definition) is 2. The third kappa shape index (κ3) is 1.83. The SMILES string of the molecule is CO[C@H]1CC[C@]2(CC1)Cc1c(F)ccc(C)c1C2=O. The number of ether oxygens (including phenoxy) is 1. The summed E-state index contributed by atoms with van der Waals surface area (Å²) in [6.45, 7) is 1.90. The van der Waals surface area contributed by atoms with Crippen molar-refractivity contribution in [3.63, 3.8) is 0 Å². The second kappa shape index (κ2) is 4.41. The summed E-state index contributed by atoms with van der Waals surface area (Å²) in [7, 11) is 1.72. The number of rotatable bonds is 1. The van der Waals surface area contributed by atoms with E-state index in [1.807, 2.05) is 6.92 Å². The number of carbonyl (C=O) groups is 1. The van der Waals surface area contributed by atoms with Gasteiger partial charge in [-0.15, -0.1) is 0 Å². The van der Waals surface area contributed by atoms with E-state index in [1.165, 1.54) is 6.07 Å². The third-order valence-corrected chi connectivity index (χ3v) is 4.91. The van der Waals surface area contributed by atoms with Crippen LogP contribution in [0.4, 0.5) is 4.39 Å². The van der Waals surface area contributed by atoms with Gasteiger partial charge in [0.1, 0.15) is 5.82 Å². The van der Waals surface area contributed by atoms with Gasteiger partial charge in [-0.05, 0) is 56.2 Å². The molecule has 2 aliphatic rings. The van der Waals surface area contributed by atoms with Crippen molar-refractivity contribution in [1.82, 2.24) is 0 Å². The number of fused-ring (bicyclic) bond motifs is 1. The molecule has 0 aromatic heterocycles. The smallest absolute Gasteiger partial charge is 0.169 e. The van der Waals surface area contributed by atoms with E-state index in [4.69, 9.17) is 4.74 Å². The zero-order valence-electron chi connectivity index (χ0n) is 11.5. The standard InChI is InChI=1S/C16H19FO2/c1-10-3-4-13(17)12-9-16(15(18)14(10)12)7-5-11(19-2)6-8-16/h3-4,11H,5-9H2,1-2H3/t11-,16-. The van der Waals surface area contributed by atoms with Crippen LogP contribution in [0.15, 0.2) is 12.1 Å². The second-order valence-electron chi connectivity index (χ2n) is 5.94. The Labute approximate surface area is 113 Å². The fourth-order valence-electron chi connectivity index (χ4n) is 3.70. The highest BCUT2D eigenvalue weighted by atomic mass is 19.1. The molecule has 0 saturated heterocycles. The molecule has 0 N–H and O–H groups in total. The van der Waals surface area contributed by atoms with Crippen LogP contribution in [0.1, 0.15) is 47.2 Å². The summed E-state index contributed by atoms with van der Waals surface area (Å²) in [4.78, 5) is 12.7. The van der Waals surface area contributed by atoms with E-state index < -0.39 is 0 Å². The van der Waals surface area contributed by atoms with Gasteiger partial charge in [0.05, 0.1) is 6.10 Å². The summed E-state index contributed by atoms with van der Waals surface area (Å²) in [6.07, 6.45) is 4.27. The van der Waals surface area contributed by atoms with Crippen LogP contribution < -0.4 is 0 Å².